The van der Waals surface area contributed by atoms with Gasteiger partial charge in [-0.3, -0.25) is 4.79 Å². The Bertz CT molecular complexity index is 1990. The highest BCUT2D eigenvalue weighted by atomic mass is 16.7. The molecule has 4 aliphatic rings. The van der Waals surface area contributed by atoms with Crippen LogP contribution < -0.4 is 21.7 Å². The van der Waals surface area contributed by atoms with Crippen LogP contribution in [0.5, 0.6) is 0 Å². The Hall–Kier alpha value is -4.81. The number of hydrogen-bond acceptors (Lipinski definition) is 17. The molecule has 0 spiro atoms. The van der Waals surface area contributed by atoms with Crippen LogP contribution in [0.15, 0.2) is 78.9 Å². The molecule has 3 aromatic rings. The van der Waals surface area contributed by atoms with Crippen LogP contribution in [0.2, 0.25) is 0 Å². The van der Waals surface area contributed by atoms with E-state index in [0.717, 1.165) is 27.8 Å². The number of carbonyl (C=O) groups is 3. The maximum absolute atomic E-state index is 13.3. The van der Waals surface area contributed by atoms with E-state index in [0.29, 0.717) is 0 Å². The van der Waals surface area contributed by atoms with E-state index in [2.05, 4.69) is 16.0 Å². The molecular formula is C43H54N4O16. The average Bonchev–Trinajstić information content (AvgIpc) is 3.60. The van der Waals surface area contributed by atoms with Crippen molar-refractivity contribution >= 4 is 18.1 Å². The van der Waals surface area contributed by atoms with Gasteiger partial charge in [0.1, 0.15) is 74.3 Å². The number of benzene rings is 3. The molecule has 15 atom stereocenters. The highest BCUT2D eigenvalue weighted by Crippen LogP contribution is 2.44. The molecule has 2 aliphatic carbocycles. The Labute approximate surface area is 361 Å². The molecule has 2 aliphatic heterocycles. The van der Waals surface area contributed by atoms with Crippen molar-refractivity contribution in [2.24, 2.45) is 5.73 Å². The van der Waals surface area contributed by atoms with Crippen LogP contribution in [0.3, 0.4) is 0 Å². The van der Waals surface area contributed by atoms with Gasteiger partial charge in [-0.25, -0.2) is 9.59 Å². The number of ether oxygens (including phenoxy) is 6. The molecule has 7 rings (SSSR count). The number of aliphatic hydroxyl groups is 7. The van der Waals surface area contributed by atoms with Crippen molar-refractivity contribution in [2.45, 2.75) is 118 Å². The quantitative estimate of drug-likeness (QED) is 0.0925. The molecule has 3 fully saturated rings. The number of fused-ring (bicyclic) bond motifs is 3. The third-order valence-electron chi connectivity index (χ3n) is 11.8. The van der Waals surface area contributed by atoms with Gasteiger partial charge in [0.05, 0.1) is 18.7 Å². The minimum Gasteiger partial charge on any atom is -0.449 e. The van der Waals surface area contributed by atoms with Crippen molar-refractivity contribution in [2.75, 3.05) is 19.8 Å². The first-order valence-corrected chi connectivity index (χ1v) is 20.7. The predicted octanol–water partition coefficient (Wildman–Crippen LogP) is -1.57. The molecule has 3 amide bonds. The molecule has 20 nitrogen and oxygen atoms in total. The summed E-state index contributed by atoms with van der Waals surface area (Å²) in [4.78, 5) is 38.0. The molecule has 0 radical (unpaired) electrons. The summed E-state index contributed by atoms with van der Waals surface area (Å²) in [7, 11) is 0. The Morgan fingerprint density at radius 1 is 0.683 bits per heavy atom. The molecule has 12 N–H and O–H groups in total. The summed E-state index contributed by atoms with van der Waals surface area (Å²) in [5.74, 6) is -0.832. The number of nitrogens with one attached hydrogen (secondary N) is 3. The molecule has 342 valence electrons. The Kier molecular flexibility index (Phi) is 14.9. The second-order valence-corrected chi connectivity index (χ2v) is 16.1. The maximum Gasteiger partial charge on any atom is 0.407 e. The van der Waals surface area contributed by atoms with Gasteiger partial charge >= 0.3 is 12.2 Å². The highest BCUT2D eigenvalue weighted by Gasteiger charge is 2.53. The molecule has 6 unspecified atom stereocenters. The predicted molar refractivity (Wildman–Crippen MR) is 217 cm³/mol. The Morgan fingerprint density at radius 3 is 1.94 bits per heavy atom. The summed E-state index contributed by atoms with van der Waals surface area (Å²) >= 11 is 0. The van der Waals surface area contributed by atoms with E-state index in [1.807, 2.05) is 48.5 Å². The zero-order valence-corrected chi connectivity index (χ0v) is 34.2. The third kappa shape index (κ3) is 10.3. The summed E-state index contributed by atoms with van der Waals surface area (Å²) < 4.78 is 34.4. The number of amides is 3. The standard InChI is InChI=1S/C43H54N4O16/c1-20(49)46-28-15-27(44)38(37(55)39(28)63-41-36(54)35(53)33(51)29(60-41)16-45-42(56)58-18-21-9-3-2-4-10-21)62-40-34(52)31(32(50)30(17-48)61-40)47-43(57)59-19-26-24-13-7-5-11-22(24)23-12-6-8-14-25(23)26/h2-14,26-41,48,50-55H,15-19,44H2,1H3,(H,45,56)(H,46,49)(H,47,57)/t27-,28?,29?,30?,31-,32-,33-,34?,35?,36+,37?,38-,39-,40-,41-/m1/s1. The molecule has 0 aromatic heterocycles. The van der Waals surface area contributed by atoms with Crippen molar-refractivity contribution in [1.29, 1.82) is 0 Å². The number of rotatable bonds is 13. The Morgan fingerprint density at radius 2 is 1.29 bits per heavy atom. The summed E-state index contributed by atoms with van der Waals surface area (Å²) in [6, 6.07) is 20.6. The minimum atomic E-state index is -1.90. The first kappa shape index (κ1) is 46.2. The van der Waals surface area contributed by atoms with E-state index in [1.165, 1.54) is 6.92 Å². The van der Waals surface area contributed by atoms with Gasteiger partial charge in [0.2, 0.25) is 5.91 Å². The number of carbonyl (C=O) groups excluding carboxylic acids is 3. The van der Waals surface area contributed by atoms with Crippen molar-refractivity contribution in [1.82, 2.24) is 16.0 Å². The molecule has 2 saturated heterocycles. The van der Waals surface area contributed by atoms with Gasteiger partial charge in [0.15, 0.2) is 12.6 Å². The van der Waals surface area contributed by atoms with E-state index >= 15 is 0 Å². The fourth-order valence-corrected chi connectivity index (χ4v) is 8.61. The molecule has 63 heavy (non-hydrogen) atoms. The van der Waals surface area contributed by atoms with Crippen LogP contribution >= 0.6 is 0 Å². The van der Waals surface area contributed by atoms with Crippen LogP contribution in [0.25, 0.3) is 11.1 Å². The van der Waals surface area contributed by atoms with Gasteiger partial charge in [-0.05, 0) is 34.2 Å². The van der Waals surface area contributed by atoms with E-state index < -0.39 is 123 Å². The first-order chi connectivity index (χ1) is 30.2. The SMILES string of the molecule is CC(=O)NC1C[C@@H](N)[C@@H](O[C@H]2OC(CO)[C@@H](O)[C@@H](NC(=O)OCC3c4ccccc4-c4ccccc43)C2O)C(O)[C@@H]1O[C@H]1OC(CNC(=O)OCc2ccccc2)[C@@H](O)C(O)[C@@H]1O. The summed E-state index contributed by atoms with van der Waals surface area (Å²) in [5, 5.41) is 84.4. The van der Waals surface area contributed by atoms with E-state index in [1.54, 1.807) is 30.3 Å². The minimum absolute atomic E-state index is 0.0524. The fraction of sp³-hybridized carbons (Fsp3) is 0.512. The van der Waals surface area contributed by atoms with Crippen molar-refractivity contribution in [3.8, 4) is 11.1 Å². The number of alkyl carbamates (subject to hydrolysis) is 2. The van der Waals surface area contributed by atoms with E-state index in [-0.39, 0.29) is 25.6 Å². The summed E-state index contributed by atoms with van der Waals surface area (Å²) in [6.07, 6.45) is -22.0. The van der Waals surface area contributed by atoms with Crippen LogP contribution in [0, 0.1) is 0 Å². The number of nitrogens with two attached hydrogens (primary N) is 1. The van der Waals surface area contributed by atoms with Gasteiger partial charge in [-0.2, -0.15) is 0 Å². The number of hydrogen-bond donors (Lipinski definition) is 11. The van der Waals surface area contributed by atoms with Crippen molar-refractivity contribution in [3.05, 3.63) is 95.6 Å². The van der Waals surface area contributed by atoms with Gasteiger partial charge in [-0.1, -0.05) is 78.9 Å². The van der Waals surface area contributed by atoms with Gasteiger partial charge in [0.25, 0.3) is 0 Å². The summed E-state index contributed by atoms with van der Waals surface area (Å²) in [5.41, 5.74) is 11.1. The Balaban J connectivity index is 1.01. The molecule has 20 heteroatoms. The van der Waals surface area contributed by atoms with E-state index in [9.17, 15) is 50.1 Å². The van der Waals surface area contributed by atoms with E-state index in [4.69, 9.17) is 34.2 Å². The first-order valence-electron chi connectivity index (χ1n) is 20.7. The van der Waals surface area contributed by atoms with Crippen LogP contribution in [-0.2, 0) is 39.8 Å². The lowest BCUT2D eigenvalue weighted by Gasteiger charge is -2.49. The van der Waals surface area contributed by atoms with Crippen molar-refractivity contribution < 1.29 is 78.6 Å². The lowest BCUT2D eigenvalue weighted by atomic mass is 9.83. The molecule has 2 heterocycles. The molecule has 0 bridgehead atoms. The lowest BCUT2D eigenvalue weighted by Crippen LogP contribution is -2.69. The number of aliphatic hydroxyl groups excluding tert-OH is 7. The second kappa shape index (κ2) is 20.4. The smallest absolute Gasteiger partial charge is 0.407 e. The monoisotopic (exact) mass is 882 g/mol. The topological polar surface area (TPSA) is 310 Å². The molecule has 3 aromatic carbocycles. The zero-order chi connectivity index (χ0) is 44.9. The summed E-state index contributed by atoms with van der Waals surface area (Å²) in [6.45, 7) is -0.107. The lowest BCUT2D eigenvalue weighted by molar-refractivity contribution is -0.333. The van der Waals surface area contributed by atoms with Gasteiger partial charge in [-0.15, -0.1) is 0 Å². The normalized spacial score (nSPS) is 34.0. The van der Waals surface area contributed by atoms with Crippen molar-refractivity contribution in [3.63, 3.8) is 0 Å². The molecule has 1 saturated carbocycles. The fourth-order valence-electron chi connectivity index (χ4n) is 8.61. The van der Waals surface area contributed by atoms with Crippen LogP contribution in [0.1, 0.15) is 36.0 Å². The third-order valence-corrected chi connectivity index (χ3v) is 11.8. The second-order valence-electron chi connectivity index (χ2n) is 16.1. The zero-order valence-electron chi connectivity index (χ0n) is 34.2. The largest absolute Gasteiger partial charge is 0.449 e. The van der Waals surface area contributed by atoms with Crippen LogP contribution in [0.4, 0.5) is 9.59 Å². The van der Waals surface area contributed by atoms with Crippen LogP contribution in [-0.4, -0.2) is 165 Å². The highest BCUT2D eigenvalue weighted by molar-refractivity contribution is 5.79. The van der Waals surface area contributed by atoms with Gasteiger partial charge < -0.3 is 85.9 Å². The maximum atomic E-state index is 13.3. The van der Waals surface area contributed by atoms with Gasteiger partial charge in [0, 0.05) is 25.4 Å². The molecular weight excluding hydrogens is 828 g/mol. The average molecular weight is 883 g/mol.